The van der Waals surface area contributed by atoms with E-state index in [1.165, 1.54) is 28.4 Å². The standard InChI is InChI=1S/C24H23F2N3O2S/c1-28(2)19-9-6-16(7-10-19)22-13-20(31-27-22)15-29(24(30)23-4-3-11-32-23)14-17-5-8-18(25)12-21(17)26/h3-12,20H,13-15H2,1-2H3. The van der Waals surface area contributed by atoms with Crippen molar-refractivity contribution in [3.05, 3.63) is 87.6 Å². The molecule has 0 radical (unpaired) electrons. The van der Waals surface area contributed by atoms with E-state index >= 15 is 0 Å². The van der Waals surface area contributed by atoms with Crippen LogP contribution in [0.3, 0.4) is 0 Å². The molecule has 0 saturated carbocycles. The summed E-state index contributed by atoms with van der Waals surface area (Å²) in [4.78, 5) is 22.8. The summed E-state index contributed by atoms with van der Waals surface area (Å²) in [5, 5.41) is 6.03. The van der Waals surface area contributed by atoms with Gasteiger partial charge in [-0.3, -0.25) is 4.79 Å². The Bertz CT molecular complexity index is 1110. The Balaban J connectivity index is 1.48. The highest BCUT2D eigenvalue weighted by molar-refractivity contribution is 7.12. The molecule has 3 aromatic rings. The van der Waals surface area contributed by atoms with Crippen LogP contribution in [-0.4, -0.2) is 43.3 Å². The second kappa shape index (κ2) is 9.48. The Hall–Kier alpha value is -3.26. The fraction of sp³-hybridized carbons (Fsp3) is 0.250. The number of oxime groups is 1. The summed E-state index contributed by atoms with van der Waals surface area (Å²) in [5.41, 5.74) is 3.09. The topological polar surface area (TPSA) is 45.1 Å². The van der Waals surface area contributed by atoms with Crippen LogP contribution in [0.5, 0.6) is 0 Å². The second-order valence-electron chi connectivity index (χ2n) is 7.81. The largest absolute Gasteiger partial charge is 0.390 e. The van der Waals surface area contributed by atoms with E-state index in [1.54, 1.807) is 12.1 Å². The highest BCUT2D eigenvalue weighted by Gasteiger charge is 2.28. The number of halogens is 2. The van der Waals surface area contributed by atoms with Crippen LogP contribution in [0.1, 0.15) is 27.2 Å². The molecule has 0 bridgehead atoms. The van der Waals surface area contributed by atoms with Crippen LogP contribution in [0, 0.1) is 11.6 Å². The minimum Gasteiger partial charge on any atom is -0.390 e. The monoisotopic (exact) mass is 455 g/mol. The van der Waals surface area contributed by atoms with Crippen molar-refractivity contribution >= 4 is 28.6 Å². The first kappa shape index (κ1) is 22.0. The van der Waals surface area contributed by atoms with Gasteiger partial charge in [0.1, 0.15) is 11.6 Å². The smallest absolute Gasteiger partial charge is 0.264 e. The van der Waals surface area contributed by atoms with Crippen LogP contribution < -0.4 is 4.90 Å². The molecule has 2 aromatic carbocycles. The maximum absolute atomic E-state index is 14.3. The normalized spacial score (nSPS) is 15.2. The minimum absolute atomic E-state index is 0.00950. The fourth-order valence-corrected chi connectivity index (χ4v) is 4.22. The molecule has 166 valence electrons. The molecule has 0 saturated heterocycles. The van der Waals surface area contributed by atoms with Crippen molar-refractivity contribution < 1.29 is 18.4 Å². The van der Waals surface area contributed by atoms with Crippen molar-refractivity contribution in [3.8, 4) is 0 Å². The van der Waals surface area contributed by atoms with Crippen LogP contribution in [0.15, 0.2) is 65.1 Å². The van der Waals surface area contributed by atoms with E-state index in [0.29, 0.717) is 11.3 Å². The summed E-state index contributed by atoms with van der Waals surface area (Å²) in [6, 6.07) is 14.9. The molecule has 5 nitrogen and oxygen atoms in total. The van der Waals surface area contributed by atoms with E-state index in [0.717, 1.165) is 23.0 Å². The molecule has 1 aliphatic rings. The lowest BCUT2D eigenvalue weighted by Gasteiger charge is -2.24. The van der Waals surface area contributed by atoms with Gasteiger partial charge in [-0.25, -0.2) is 8.78 Å². The molecule has 0 fully saturated rings. The molecule has 32 heavy (non-hydrogen) atoms. The number of hydrogen-bond donors (Lipinski definition) is 0. The maximum atomic E-state index is 14.3. The highest BCUT2D eigenvalue weighted by atomic mass is 32.1. The van der Waals surface area contributed by atoms with Gasteiger partial charge in [-0.05, 0) is 35.2 Å². The maximum Gasteiger partial charge on any atom is 0.264 e. The zero-order valence-corrected chi connectivity index (χ0v) is 18.6. The van der Waals surface area contributed by atoms with Gasteiger partial charge >= 0.3 is 0 Å². The van der Waals surface area contributed by atoms with E-state index in [4.69, 9.17) is 4.84 Å². The van der Waals surface area contributed by atoms with Crippen molar-refractivity contribution in [1.29, 1.82) is 0 Å². The third-order valence-electron chi connectivity index (χ3n) is 5.27. The van der Waals surface area contributed by atoms with Crippen molar-refractivity contribution in [1.82, 2.24) is 4.90 Å². The van der Waals surface area contributed by atoms with E-state index in [9.17, 15) is 13.6 Å². The predicted octanol–water partition coefficient (Wildman–Crippen LogP) is 4.93. The molecule has 2 heterocycles. The summed E-state index contributed by atoms with van der Waals surface area (Å²) in [6.07, 6.45) is 0.174. The number of benzene rings is 2. The number of carbonyl (C=O) groups excluding carboxylic acids is 1. The molecule has 1 amide bonds. The van der Waals surface area contributed by atoms with E-state index in [-0.39, 0.29) is 30.7 Å². The first-order valence-electron chi connectivity index (χ1n) is 10.2. The lowest BCUT2D eigenvalue weighted by molar-refractivity contribution is 0.0406. The molecule has 0 N–H and O–H groups in total. The average molecular weight is 456 g/mol. The number of nitrogens with zero attached hydrogens (tertiary/aromatic N) is 3. The second-order valence-corrected chi connectivity index (χ2v) is 8.76. The fourth-order valence-electron chi connectivity index (χ4n) is 3.53. The van der Waals surface area contributed by atoms with Crippen LogP contribution >= 0.6 is 11.3 Å². The average Bonchev–Trinajstić information content (AvgIpc) is 3.47. The van der Waals surface area contributed by atoms with Gasteiger partial charge in [0.25, 0.3) is 5.91 Å². The van der Waals surface area contributed by atoms with Gasteiger partial charge < -0.3 is 14.6 Å². The minimum atomic E-state index is -0.681. The molecule has 8 heteroatoms. The summed E-state index contributed by atoms with van der Waals surface area (Å²) in [5.74, 6) is -1.56. The molecule has 1 aliphatic heterocycles. The van der Waals surface area contributed by atoms with Gasteiger partial charge in [-0.15, -0.1) is 11.3 Å². The van der Waals surface area contributed by atoms with Gasteiger partial charge in [0.05, 0.1) is 17.1 Å². The van der Waals surface area contributed by atoms with Crippen molar-refractivity contribution in [2.45, 2.75) is 19.1 Å². The molecule has 1 aromatic heterocycles. The first-order chi connectivity index (χ1) is 15.4. The summed E-state index contributed by atoms with van der Waals surface area (Å²) in [6.45, 7) is 0.242. The van der Waals surface area contributed by atoms with Crippen LogP contribution in [0.4, 0.5) is 14.5 Å². The summed E-state index contributed by atoms with van der Waals surface area (Å²) in [7, 11) is 3.95. The number of carbonyl (C=O) groups is 1. The molecule has 1 atom stereocenters. The molecule has 0 spiro atoms. The number of hydrogen-bond acceptors (Lipinski definition) is 5. The number of amides is 1. The number of thiophene rings is 1. The van der Waals surface area contributed by atoms with E-state index in [2.05, 4.69) is 5.16 Å². The van der Waals surface area contributed by atoms with Crippen molar-refractivity contribution in [2.75, 3.05) is 25.5 Å². The van der Waals surface area contributed by atoms with Gasteiger partial charge in [0, 0.05) is 44.4 Å². The zero-order valence-electron chi connectivity index (χ0n) is 17.8. The third kappa shape index (κ3) is 4.96. The van der Waals surface area contributed by atoms with Gasteiger partial charge in [0.2, 0.25) is 0 Å². The third-order valence-corrected chi connectivity index (χ3v) is 6.13. The SMILES string of the molecule is CN(C)c1ccc(C2=NOC(CN(Cc3ccc(F)cc3F)C(=O)c3cccs3)C2)cc1. The van der Waals surface area contributed by atoms with E-state index < -0.39 is 11.6 Å². The Morgan fingerprint density at radius 3 is 2.59 bits per heavy atom. The molecular weight excluding hydrogens is 432 g/mol. The van der Waals surface area contributed by atoms with Crippen molar-refractivity contribution in [3.63, 3.8) is 0 Å². The molecule has 0 aliphatic carbocycles. The molecule has 1 unspecified atom stereocenters. The summed E-state index contributed by atoms with van der Waals surface area (Å²) < 4.78 is 27.6. The number of anilines is 1. The zero-order chi connectivity index (χ0) is 22.7. The summed E-state index contributed by atoms with van der Waals surface area (Å²) >= 11 is 1.32. The van der Waals surface area contributed by atoms with Crippen LogP contribution in [-0.2, 0) is 11.4 Å². The Labute approximate surface area is 189 Å². The molecular formula is C24H23F2N3O2S. The predicted molar refractivity (Wildman–Crippen MR) is 122 cm³/mol. The number of rotatable bonds is 7. The lowest BCUT2D eigenvalue weighted by atomic mass is 10.0. The van der Waals surface area contributed by atoms with Crippen LogP contribution in [0.25, 0.3) is 0 Å². The van der Waals surface area contributed by atoms with Gasteiger partial charge in [-0.1, -0.05) is 29.4 Å². The van der Waals surface area contributed by atoms with E-state index in [1.807, 2.05) is 48.6 Å². The van der Waals surface area contributed by atoms with Crippen molar-refractivity contribution in [2.24, 2.45) is 5.16 Å². The Kier molecular flexibility index (Phi) is 6.50. The Morgan fingerprint density at radius 2 is 1.94 bits per heavy atom. The molecule has 4 rings (SSSR count). The van der Waals surface area contributed by atoms with Gasteiger partial charge in [0.15, 0.2) is 6.10 Å². The van der Waals surface area contributed by atoms with Gasteiger partial charge in [-0.2, -0.15) is 0 Å². The first-order valence-corrected chi connectivity index (χ1v) is 11.1. The quantitative estimate of drug-likeness (QED) is 0.508. The highest BCUT2D eigenvalue weighted by Crippen LogP contribution is 2.23. The lowest BCUT2D eigenvalue weighted by Crippen LogP contribution is -2.37. The van der Waals surface area contributed by atoms with Crippen LogP contribution in [0.2, 0.25) is 0 Å². The Morgan fingerprint density at radius 1 is 1.16 bits per heavy atom.